The molecule has 2 heterocycles. The SMILES string of the molecule is C=CCSc1nnc2n(-c3c(C)cccc3C)c(=O)c3ccccc3n12. The lowest BCUT2D eigenvalue weighted by Gasteiger charge is -2.15. The van der Waals surface area contributed by atoms with E-state index in [0.29, 0.717) is 11.2 Å². The first-order valence-corrected chi connectivity index (χ1v) is 9.31. The van der Waals surface area contributed by atoms with Crippen LogP contribution in [-0.2, 0) is 0 Å². The first kappa shape index (κ1) is 16.6. The lowest BCUT2D eigenvalue weighted by atomic mass is 10.1. The molecule has 0 amide bonds. The zero-order valence-electron chi connectivity index (χ0n) is 14.6. The molecule has 0 unspecified atom stereocenters. The van der Waals surface area contributed by atoms with Gasteiger partial charge < -0.3 is 0 Å². The molecule has 0 N–H and O–H groups in total. The number of aromatic nitrogens is 4. The van der Waals surface area contributed by atoms with Crippen molar-refractivity contribution in [3.8, 4) is 5.69 Å². The average molecular weight is 362 g/mol. The summed E-state index contributed by atoms with van der Waals surface area (Å²) in [6, 6.07) is 13.6. The number of rotatable bonds is 4. The summed E-state index contributed by atoms with van der Waals surface area (Å²) in [6.07, 6.45) is 1.83. The molecule has 2 aromatic carbocycles. The highest BCUT2D eigenvalue weighted by atomic mass is 32.2. The summed E-state index contributed by atoms with van der Waals surface area (Å²) in [7, 11) is 0. The topological polar surface area (TPSA) is 52.2 Å². The Labute approximate surface area is 155 Å². The molecule has 0 radical (unpaired) electrons. The fraction of sp³-hybridized carbons (Fsp3) is 0.150. The zero-order chi connectivity index (χ0) is 18.3. The Morgan fingerprint density at radius 1 is 1.08 bits per heavy atom. The van der Waals surface area contributed by atoms with Gasteiger partial charge in [-0.3, -0.25) is 9.20 Å². The first-order valence-electron chi connectivity index (χ1n) is 8.32. The molecule has 0 atom stereocenters. The minimum Gasteiger partial charge on any atom is -0.268 e. The van der Waals surface area contributed by atoms with E-state index in [1.54, 1.807) is 16.3 Å². The second-order valence-electron chi connectivity index (χ2n) is 6.12. The summed E-state index contributed by atoms with van der Waals surface area (Å²) in [5, 5.41) is 10.1. The molecule has 130 valence electrons. The number of thioether (sulfide) groups is 1. The molecule has 0 aliphatic rings. The van der Waals surface area contributed by atoms with Crippen molar-refractivity contribution in [3.05, 3.63) is 76.6 Å². The molecular weight excluding hydrogens is 344 g/mol. The van der Waals surface area contributed by atoms with E-state index in [0.717, 1.165) is 33.2 Å². The molecule has 0 fully saturated rings. The van der Waals surface area contributed by atoms with Crippen LogP contribution in [0.3, 0.4) is 0 Å². The number of fused-ring (bicyclic) bond motifs is 3. The van der Waals surface area contributed by atoms with Crippen LogP contribution in [0.25, 0.3) is 22.4 Å². The number of hydrogen-bond donors (Lipinski definition) is 0. The van der Waals surface area contributed by atoms with E-state index in [2.05, 4.69) is 16.8 Å². The highest BCUT2D eigenvalue weighted by Crippen LogP contribution is 2.25. The van der Waals surface area contributed by atoms with Gasteiger partial charge in [0.2, 0.25) is 5.78 Å². The minimum absolute atomic E-state index is 0.0850. The highest BCUT2D eigenvalue weighted by Gasteiger charge is 2.19. The maximum absolute atomic E-state index is 13.3. The van der Waals surface area contributed by atoms with E-state index in [9.17, 15) is 4.79 Å². The van der Waals surface area contributed by atoms with Crippen LogP contribution in [0.2, 0.25) is 0 Å². The maximum atomic E-state index is 13.3. The van der Waals surface area contributed by atoms with Crippen LogP contribution in [0.5, 0.6) is 0 Å². The van der Waals surface area contributed by atoms with Gasteiger partial charge in [-0.2, -0.15) is 0 Å². The highest BCUT2D eigenvalue weighted by molar-refractivity contribution is 7.99. The fourth-order valence-electron chi connectivity index (χ4n) is 3.27. The summed E-state index contributed by atoms with van der Waals surface area (Å²) in [5.74, 6) is 1.25. The van der Waals surface area contributed by atoms with Gasteiger partial charge in [0.25, 0.3) is 5.56 Å². The minimum atomic E-state index is -0.0850. The van der Waals surface area contributed by atoms with Crippen LogP contribution < -0.4 is 5.56 Å². The Morgan fingerprint density at radius 3 is 2.54 bits per heavy atom. The summed E-state index contributed by atoms with van der Waals surface area (Å²) in [5.41, 5.74) is 3.63. The Morgan fingerprint density at radius 2 is 1.81 bits per heavy atom. The number of benzene rings is 2. The maximum Gasteiger partial charge on any atom is 0.267 e. The van der Waals surface area contributed by atoms with Crippen molar-refractivity contribution in [2.24, 2.45) is 0 Å². The third-order valence-corrected chi connectivity index (χ3v) is 5.31. The molecule has 0 spiro atoms. The third-order valence-electron chi connectivity index (χ3n) is 4.39. The number of nitrogens with zero attached hydrogens (tertiary/aromatic N) is 4. The monoisotopic (exact) mass is 362 g/mol. The van der Waals surface area contributed by atoms with Crippen molar-refractivity contribution in [3.63, 3.8) is 0 Å². The smallest absolute Gasteiger partial charge is 0.267 e. The lowest BCUT2D eigenvalue weighted by molar-refractivity contribution is 0.926. The van der Waals surface area contributed by atoms with E-state index >= 15 is 0 Å². The molecule has 0 aliphatic heterocycles. The van der Waals surface area contributed by atoms with Gasteiger partial charge in [-0.1, -0.05) is 48.2 Å². The summed E-state index contributed by atoms with van der Waals surface area (Å²) < 4.78 is 3.63. The first-order chi connectivity index (χ1) is 12.6. The number of para-hydroxylation sites is 2. The van der Waals surface area contributed by atoms with Crippen LogP contribution in [0, 0.1) is 13.8 Å². The second kappa shape index (κ2) is 6.46. The molecule has 0 saturated carbocycles. The van der Waals surface area contributed by atoms with Gasteiger partial charge in [-0.15, -0.1) is 16.8 Å². The average Bonchev–Trinajstić information content (AvgIpc) is 3.06. The summed E-state index contributed by atoms with van der Waals surface area (Å²) in [4.78, 5) is 13.3. The van der Waals surface area contributed by atoms with Gasteiger partial charge in [-0.25, -0.2) is 4.57 Å². The van der Waals surface area contributed by atoms with Crippen molar-refractivity contribution in [1.29, 1.82) is 0 Å². The van der Waals surface area contributed by atoms with Gasteiger partial charge in [0.05, 0.1) is 16.6 Å². The van der Waals surface area contributed by atoms with Gasteiger partial charge in [0.1, 0.15) is 0 Å². The molecule has 4 aromatic rings. The Kier molecular flexibility index (Phi) is 4.12. The predicted molar refractivity (Wildman–Crippen MR) is 106 cm³/mol. The molecule has 6 heteroatoms. The molecule has 4 rings (SSSR count). The Hall–Kier alpha value is -2.86. The molecule has 0 saturated heterocycles. The largest absolute Gasteiger partial charge is 0.268 e. The lowest BCUT2D eigenvalue weighted by Crippen LogP contribution is -2.23. The zero-order valence-corrected chi connectivity index (χ0v) is 15.5. The molecule has 5 nitrogen and oxygen atoms in total. The quantitative estimate of drug-likeness (QED) is 0.408. The molecule has 26 heavy (non-hydrogen) atoms. The standard InChI is InChI=1S/C20H18N4OS/c1-4-12-26-20-22-21-19-23(20)16-11-6-5-10-15(16)18(25)24(19)17-13(2)8-7-9-14(17)3/h4-11H,1,12H2,2-3H3. The third kappa shape index (κ3) is 2.45. The van der Waals surface area contributed by atoms with Gasteiger partial charge in [0, 0.05) is 5.75 Å². The summed E-state index contributed by atoms with van der Waals surface area (Å²) in [6.45, 7) is 7.78. The fourth-order valence-corrected chi connectivity index (χ4v) is 3.94. The van der Waals surface area contributed by atoms with E-state index in [4.69, 9.17) is 0 Å². The summed E-state index contributed by atoms with van der Waals surface area (Å²) >= 11 is 1.55. The van der Waals surface area contributed by atoms with Gasteiger partial charge in [0.15, 0.2) is 5.16 Å². The van der Waals surface area contributed by atoms with Crippen molar-refractivity contribution >= 4 is 28.4 Å². The molecule has 0 bridgehead atoms. The van der Waals surface area contributed by atoms with Gasteiger partial charge in [-0.05, 0) is 37.1 Å². The molecule has 2 aromatic heterocycles. The van der Waals surface area contributed by atoms with Crippen molar-refractivity contribution in [2.45, 2.75) is 19.0 Å². The van der Waals surface area contributed by atoms with Gasteiger partial charge >= 0.3 is 0 Å². The normalized spacial score (nSPS) is 11.3. The molecular formula is C20H18N4OS. The van der Waals surface area contributed by atoms with Crippen LogP contribution in [0.15, 0.2) is 65.1 Å². The van der Waals surface area contributed by atoms with E-state index < -0.39 is 0 Å². The van der Waals surface area contributed by atoms with E-state index in [1.165, 1.54) is 0 Å². The van der Waals surface area contributed by atoms with Crippen LogP contribution >= 0.6 is 11.8 Å². The molecule has 0 aliphatic carbocycles. The van der Waals surface area contributed by atoms with Crippen LogP contribution in [0.1, 0.15) is 11.1 Å². The van der Waals surface area contributed by atoms with E-state index in [-0.39, 0.29) is 5.56 Å². The van der Waals surface area contributed by atoms with Crippen molar-refractivity contribution in [2.75, 3.05) is 5.75 Å². The predicted octanol–water partition coefficient (Wildman–Crippen LogP) is 3.93. The second-order valence-corrected chi connectivity index (χ2v) is 7.10. The van der Waals surface area contributed by atoms with Crippen molar-refractivity contribution in [1.82, 2.24) is 19.2 Å². The number of aryl methyl sites for hydroxylation is 2. The Balaban J connectivity index is 2.20. The van der Waals surface area contributed by atoms with Crippen LogP contribution in [0.4, 0.5) is 0 Å². The van der Waals surface area contributed by atoms with Crippen LogP contribution in [-0.4, -0.2) is 24.9 Å². The van der Waals surface area contributed by atoms with E-state index in [1.807, 2.05) is 66.8 Å². The van der Waals surface area contributed by atoms with Crippen molar-refractivity contribution < 1.29 is 0 Å². The Bertz CT molecular complexity index is 1190. The number of hydrogen-bond acceptors (Lipinski definition) is 4.